The molecule has 80 valence electrons. The molecule has 1 aromatic rings. The van der Waals surface area contributed by atoms with Gasteiger partial charge in [-0.15, -0.1) is 0 Å². The van der Waals surface area contributed by atoms with Gasteiger partial charge in [0.1, 0.15) is 0 Å². The number of nitrogens with one attached hydrogen (secondary N) is 1. The van der Waals surface area contributed by atoms with Gasteiger partial charge in [0.15, 0.2) is 0 Å². The average molecular weight is 201 g/mol. The van der Waals surface area contributed by atoms with Crippen molar-refractivity contribution in [3.63, 3.8) is 0 Å². The summed E-state index contributed by atoms with van der Waals surface area (Å²) in [7, 11) is 0. The summed E-state index contributed by atoms with van der Waals surface area (Å²) in [6.45, 7) is 8.74. The topological polar surface area (TPSA) is 12.0 Å². The van der Waals surface area contributed by atoms with Crippen LogP contribution in [-0.4, -0.2) is 13.1 Å². The highest BCUT2D eigenvalue weighted by Gasteiger charge is 2.09. The van der Waals surface area contributed by atoms with Crippen molar-refractivity contribution in [2.24, 2.45) is 0 Å². The van der Waals surface area contributed by atoms with E-state index in [1.54, 1.807) is 0 Å². The molecular formula is C14H19N. The molecule has 0 aliphatic carbocycles. The molecule has 15 heavy (non-hydrogen) atoms. The summed E-state index contributed by atoms with van der Waals surface area (Å²) >= 11 is 0. The molecule has 0 unspecified atom stereocenters. The van der Waals surface area contributed by atoms with E-state index in [-0.39, 0.29) is 0 Å². The lowest BCUT2D eigenvalue weighted by molar-refractivity contribution is 0.855. The van der Waals surface area contributed by atoms with Gasteiger partial charge in [0, 0.05) is 13.1 Å². The number of benzene rings is 1. The van der Waals surface area contributed by atoms with E-state index in [2.05, 4.69) is 50.4 Å². The fourth-order valence-corrected chi connectivity index (χ4v) is 2.16. The van der Waals surface area contributed by atoms with Gasteiger partial charge in [0.25, 0.3) is 0 Å². The van der Waals surface area contributed by atoms with Crippen LogP contribution in [0.1, 0.15) is 36.5 Å². The first-order valence-corrected chi connectivity index (χ1v) is 5.69. The molecular weight excluding hydrogens is 182 g/mol. The molecule has 1 N–H and O–H groups in total. The molecule has 2 rings (SSSR count). The first-order valence-electron chi connectivity index (χ1n) is 5.69. The van der Waals surface area contributed by atoms with E-state index in [4.69, 9.17) is 0 Å². The highest BCUT2D eigenvalue weighted by atomic mass is 14.9. The maximum Gasteiger partial charge on any atom is 0.0211 e. The Morgan fingerprint density at radius 1 is 1.27 bits per heavy atom. The van der Waals surface area contributed by atoms with Crippen molar-refractivity contribution in [1.29, 1.82) is 0 Å². The van der Waals surface area contributed by atoms with Gasteiger partial charge < -0.3 is 5.32 Å². The SMILES string of the molecule is Cc1ccc(C2=CCNC2)cc1C(C)C. The van der Waals surface area contributed by atoms with Crippen molar-refractivity contribution in [3.8, 4) is 0 Å². The second kappa shape index (κ2) is 4.19. The van der Waals surface area contributed by atoms with Crippen LogP contribution in [-0.2, 0) is 0 Å². The van der Waals surface area contributed by atoms with E-state index in [0.717, 1.165) is 13.1 Å². The smallest absolute Gasteiger partial charge is 0.0211 e. The van der Waals surface area contributed by atoms with Crippen LogP contribution in [0.15, 0.2) is 24.3 Å². The summed E-state index contributed by atoms with van der Waals surface area (Å²) in [6, 6.07) is 6.82. The van der Waals surface area contributed by atoms with Crippen LogP contribution in [0.5, 0.6) is 0 Å². The molecule has 1 aromatic carbocycles. The fraction of sp³-hybridized carbons (Fsp3) is 0.429. The van der Waals surface area contributed by atoms with Crippen molar-refractivity contribution in [2.75, 3.05) is 13.1 Å². The van der Waals surface area contributed by atoms with Crippen molar-refractivity contribution in [1.82, 2.24) is 5.32 Å². The first-order chi connectivity index (χ1) is 7.18. The molecule has 0 aromatic heterocycles. The van der Waals surface area contributed by atoms with Crippen molar-refractivity contribution in [3.05, 3.63) is 41.0 Å². The Balaban J connectivity index is 2.38. The normalized spacial score (nSPS) is 15.9. The number of hydrogen-bond acceptors (Lipinski definition) is 1. The third-order valence-electron chi connectivity index (χ3n) is 3.08. The zero-order valence-electron chi connectivity index (χ0n) is 9.80. The average Bonchev–Trinajstić information content (AvgIpc) is 2.71. The van der Waals surface area contributed by atoms with Crippen LogP contribution >= 0.6 is 0 Å². The van der Waals surface area contributed by atoms with Gasteiger partial charge in [-0.05, 0) is 35.1 Å². The lowest BCUT2D eigenvalue weighted by Gasteiger charge is -2.12. The minimum Gasteiger partial charge on any atom is -0.309 e. The minimum atomic E-state index is 0.611. The minimum absolute atomic E-state index is 0.611. The zero-order valence-corrected chi connectivity index (χ0v) is 9.80. The van der Waals surface area contributed by atoms with E-state index in [9.17, 15) is 0 Å². The van der Waals surface area contributed by atoms with Gasteiger partial charge in [-0.1, -0.05) is 38.1 Å². The predicted molar refractivity (Wildman–Crippen MR) is 66.1 cm³/mol. The van der Waals surface area contributed by atoms with E-state index < -0.39 is 0 Å². The van der Waals surface area contributed by atoms with Crippen molar-refractivity contribution < 1.29 is 0 Å². The number of rotatable bonds is 2. The summed E-state index contributed by atoms with van der Waals surface area (Å²) in [4.78, 5) is 0. The summed E-state index contributed by atoms with van der Waals surface area (Å²) < 4.78 is 0. The van der Waals surface area contributed by atoms with Crippen LogP contribution in [0, 0.1) is 6.92 Å². The van der Waals surface area contributed by atoms with E-state index in [1.807, 2.05) is 0 Å². The van der Waals surface area contributed by atoms with E-state index in [0.29, 0.717) is 5.92 Å². The molecule has 0 saturated carbocycles. The molecule has 1 heterocycles. The fourth-order valence-electron chi connectivity index (χ4n) is 2.16. The molecule has 0 bridgehead atoms. The standard InChI is InChI=1S/C14H19N/c1-10(2)14-8-12(5-4-11(14)3)13-6-7-15-9-13/h4-6,8,10,15H,7,9H2,1-3H3. The molecule has 0 atom stereocenters. The molecule has 0 saturated heterocycles. The summed E-state index contributed by atoms with van der Waals surface area (Å²) in [5.41, 5.74) is 5.70. The monoisotopic (exact) mass is 201 g/mol. The van der Waals surface area contributed by atoms with Gasteiger partial charge in [0.2, 0.25) is 0 Å². The predicted octanol–water partition coefficient (Wildman–Crippen LogP) is 3.11. The molecule has 0 spiro atoms. The Morgan fingerprint density at radius 2 is 2.07 bits per heavy atom. The molecule has 1 nitrogen and oxygen atoms in total. The Bertz CT molecular complexity index is 388. The van der Waals surface area contributed by atoms with Gasteiger partial charge >= 0.3 is 0 Å². The Labute approximate surface area is 92.2 Å². The molecule has 1 heteroatoms. The van der Waals surface area contributed by atoms with Crippen molar-refractivity contribution >= 4 is 5.57 Å². The van der Waals surface area contributed by atoms with E-state index >= 15 is 0 Å². The second-order valence-corrected chi connectivity index (χ2v) is 4.59. The van der Waals surface area contributed by atoms with Crippen LogP contribution in [0.3, 0.4) is 0 Å². The van der Waals surface area contributed by atoms with Gasteiger partial charge in [-0.3, -0.25) is 0 Å². The van der Waals surface area contributed by atoms with Gasteiger partial charge in [-0.25, -0.2) is 0 Å². The summed E-state index contributed by atoms with van der Waals surface area (Å²) in [5, 5.41) is 3.34. The van der Waals surface area contributed by atoms with E-state index in [1.165, 1.54) is 22.3 Å². The Kier molecular flexibility index (Phi) is 2.92. The molecule has 1 aliphatic heterocycles. The largest absolute Gasteiger partial charge is 0.309 e. The zero-order chi connectivity index (χ0) is 10.8. The lowest BCUT2D eigenvalue weighted by atomic mass is 9.93. The van der Waals surface area contributed by atoms with Gasteiger partial charge in [-0.2, -0.15) is 0 Å². The van der Waals surface area contributed by atoms with Gasteiger partial charge in [0.05, 0.1) is 0 Å². The van der Waals surface area contributed by atoms with Crippen molar-refractivity contribution in [2.45, 2.75) is 26.7 Å². The lowest BCUT2D eigenvalue weighted by Crippen LogP contribution is -2.07. The van der Waals surface area contributed by atoms with Crippen LogP contribution in [0.2, 0.25) is 0 Å². The molecule has 0 radical (unpaired) electrons. The Morgan fingerprint density at radius 3 is 2.67 bits per heavy atom. The third-order valence-corrected chi connectivity index (χ3v) is 3.08. The van der Waals surface area contributed by atoms with Crippen LogP contribution in [0.25, 0.3) is 5.57 Å². The second-order valence-electron chi connectivity index (χ2n) is 4.59. The molecule has 1 aliphatic rings. The first kappa shape index (κ1) is 10.4. The summed E-state index contributed by atoms with van der Waals surface area (Å²) in [5.74, 6) is 0.611. The number of aryl methyl sites for hydroxylation is 1. The quantitative estimate of drug-likeness (QED) is 0.775. The number of hydrogen-bond donors (Lipinski definition) is 1. The maximum atomic E-state index is 3.34. The van der Waals surface area contributed by atoms with Crippen LogP contribution in [0.4, 0.5) is 0 Å². The molecule has 0 fully saturated rings. The molecule has 0 amide bonds. The third kappa shape index (κ3) is 2.13. The Hall–Kier alpha value is -1.08. The highest BCUT2D eigenvalue weighted by Crippen LogP contribution is 2.24. The van der Waals surface area contributed by atoms with Crippen LogP contribution < -0.4 is 5.32 Å². The summed E-state index contributed by atoms with van der Waals surface area (Å²) in [6.07, 6.45) is 2.29. The highest BCUT2D eigenvalue weighted by molar-refractivity contribution is 5.69. The maximum absolute atomic E-state index is 3.34.